The van der Waals surface area contributed by atoms with Crippen LogP contribution in [0.4, 0.5) is 0 Å². The van der Waals surface area contributed by atoms with Crippen LogP contribution < -0.4 is 0 Å². The van der Waals surface area contributed by atoms with Gasteiger partial charge in [-0.1, -0.05) is 36.4 Å². The molecule has 2 bridgehead atoms. The van der Waals surface area contributed by atoms with E-state index >= 15 is 0 Å². The highest BCUT2D eigenvalue weighted by atomic mass is 16.3. The molecule has 2 aromatic rings. The molecule has 2 aliphatic heterocycles. The highest BCUT2D eigenvalue weighted by molar-refractivity contribution is 5.41. The van der Waals surface area contributed by atoms with Crippen LogP contribution in [0, 0.1) is 18.3 Å². The fourth-order valence-electron chi connectivity index (χ4n) is 4.78. The van der Waals surface area contributed by atoms with Gasteiger partial charge in [-0.3, -0.25) is 4.90 Å². The number of piperidine rings is 1. The molecule has 0 radical (unpaired) electrons. The van der Waals surface area contributed by atoms with Crippen molar-refractivity contribution >= 4 is 0 Å². The van der Waals surface area contributed by atoms with E-state index in [0.717, 1.165) is 43.4 Å². The maximum absolute atomic E-state index is 11.5. The zero-order valence-corrected chi connectivity index (χ0v) is 14.7. The van der Waals surface area contributed by atoms with Crippen molar-refractivity contribution in [3.63, 3.8) is 0 Å². The number of aliphatic hydroxyl groups is 1. The number of aryl methyl sites for hydroxylation is 1. The van der Waals surface area contributed by atoms with Crippen LogP contribution in [0.25, 0.3) is 0 Å². The Balaban J connectivity index is 1.60. The van der Waals surface area contributed by atoms with Crippen molar-refractivity contribution in [1.82, 2.24) is 4.90 Å². The third kappa shape index (κ3) is 2.97. The van der Waals surface area contributed by atoms with Crippen molar-refractivity contribution in [2.45, 2.75) is 56.8 Å². The molecular weight excluding hydrogens is 308 g/mol. The minimum Gasteiger partial charge on any atom is -0.385 e. The molecule has 2 atom stereocenters. The Morgan fingerprint density at radius 3 is 2.44 bits per heavy atom. The summed E-state index contributed by atoms with van der Waals surface area (Å²) in [5, 5.41) is 20.7. The maximum atomic E-state index is 11.5. The first-order valence-electron chi connectivity index (χ1n) is 9.12. The minimum atomic E-state index is -0.810. The van der Waals surface area contributed by atoms with Crippen LogP contribution in [0.2, 0.25) is 0 Å². The van der Waals surface area contributed by atoms with Crippen LogP contribution in [0.5, 0.6) is 0 Å². The van der Waals surface area contributed by atoms with E-state index in [-0.39, 0.29) is 0 Å². The lowest BCUT2D eigenvalue weighted by Crippen LogP contribution is -2.49. The average Bonchev–Trinajstić information content (AvgIpc) is 2.87. The second-order valence-corrected chi connectivity index (χ2v) is 7.62. The van der Waals surface area contributed by atoms with E-state index in [1.54, 1.807) is 0 Å². The van der Waals surface area contributed by atoms with Crippen molar-refractivity contribution in [2.24, 2.45) is 0 Å². The lowest BCUT2D eigenvalue weighted by molar-refractivity contribution is -0.0599. The predicted octanol–water partition coefficient (Wildman–Crippen LogP) is 3.88. The van der Waals surface area contributed by atoms with Crippen molar-refractivity contribution in [3.8, 4) is 6.07 Å². The van der Waals surface area contributed by atoms with E-state index in [2.05, 4.69) is 41.3 Å². The van der Waals surface area contributed by atoms with Crippen molar-refractivity contribution in [3.05, 3.63) is 70.8 Å². The Kier molecular flexibility index (Phi) is 4.11. The van der Waals surface area contributed by atoms with Gasteiger partial charge in [0.05, 0.1) is 17.2 Å². The first kappa shape index (κ1) is 16.3. The molecule has 2 heterocycles. The Morgan fingerprint density at radius 1 is 1.12 bits per heavy atom. The van der Waals surface area contributed by atoms with E-state index in [0.29, 0.717) is 17.6 Å². The summed E-state index contributed by atoms with van der Waals surface area (Å²) >= 11 is 0. The van der Waals surface area contributed by atoms with E-state index in [1.165, 1.54) is 5.56 Å². The largest absolute Gasteiger partial charge is 0.385 e. The standard InChI is InChI=1S/C22H24N2O/c1-16-7-8-18(14-23)11-21(16)22(25)12-19-9-10-20(13-22)24(19)15-17-5-3-2-4-6-17/h2-8,11,19-20,25H,9-10,12-13,15H2,1H3. The summed E-state index contributed by atoms with van der Waals surface area (Å²) in [6, 6.07) is 19.3. The molecule has 4 rings (SSSR count). The van der Waals surface area contributed by atoms with Crippen LogP contribution >= 0.6 is 0 Å². The van der Waals surface area contributed by atoms with Gasteiger partial charge in [-0.2, -0.15) is 5.26 Å². The smallest absolute Gasteiger partial charge is 0.0991 e. The molecule has 3 heteroatoms. The summed E-state index contributed by atoms with van der Waals surface area (Å²) in [6.45, 7) is 3.00. The predicted molar refractivity (Wildman–Crippen MR) is 97.8 cm³/mol. The maximum Gasteiger partial charge on any atom is 0.0991 e. The van der Waals surface area contributed by atoms with E-state index < -0.39 is 5.60 Å². The fraction of sp³-hybridized carbons (Fsp3) is 0.409. The summed E-state index contributed by atoms with van der Waals surface area (Å²) in [4.78, 5) is 2.58. The highest BCUT2D eigenvalue weighted by Gasteiger charge is 2.48. The Hall–Kier alpha value is -2.15. The second kappa shape index (κ2) is 6.29. The van der Waals surface area contributed by atoms with Crippen molar-refractivity contribution < 1.29 is 5.11 Å². The molecule has 2 aliphatic rings. The first-order valence-corrected chi connectivity index (χ1v) is 9.12. The Labute approximate surface area is 149 Å². The summed E-state index contributed by atoms with van der Waals surface area (Å²) in [5.74, 6) is 0. The zero-order chi connectivity index (χ0) is 17.4. The molecule has 0 spiro atoms. The summed E-state index contributed by atoms with van der Waals surface area (Å²) in [5.41, 5.74) is 3.19. The van der Waals surface area contributed by atoms with Gasteiger partial charge in [-0.05, 0) is 61.4 Å². The van der Waals surface area contributed by atoms with Gasteiger partial charge in [-0.15, -0.1) is 0 Å². The molecule has 1 N–H and O–H groups in total. The van der Waals surface area contributed by atoms with Crippen LogP contribution in [0.3, 0.4) is 0 Å². The van der Waals surface area contributed by atoms with Gasteiger partial charge in [0, 0.05) is 18.6 Å². The summed E-state index contributed by atoms with van der Waals surface area (Å²) < 4.78 is 0. The molecule has 2 saturated heterocycles. The molecule has 0 amide bonds. The Morgan fingerprint density at radius 2 is 1.80 bits per heavy atom. The number of nitrogens with zero attached hydrogens (tertiary/aromatic N) is 2. The number of fused-ring (bicyclic) bond motifs is 2. The van der Waals surface area contributed by atoms with Gasteiger partial charge in [-0.25, -0.2) is 0 Å². The summed E-state index contributed by atoms with van der Waals surface area (Å²) in [7, 11) is 0. The molecule has 25 heavy (non-hydrogen) atoms. The monoisotopic (exact) mass is 332 g/mol. The lowest BCUT2D eigenvalue weighted by Gasteiger charge is -2.44. The lowest BCUT2D eigenvalue weighted by atomic mass is 9.78. The van der Waals surface area contributed by atoms with Crippen LogP contribution in [-0.4, -0.2) is 22.1 Å². The molecule has 0 saturated carbocycles. The SMILES string of the molecule is Cc1ccc(C#N)cc1C1(O)CC2CCC(C1)N2Cc1ccccc1. The number of rotatable bonds is 3. The third-order valence-corrected chi connectivity index (χ3v) is 5.99. The Bertz CT molecular complexity index is 795. The number of benzene rings is 2. The van der Waals surface area contributed by atoms with Crippen molar-refractivity contribution in [2.75, 3.05) is 0 Å². The molecule has 2 fully saturated rings. The molecule has 0 aliphatic carbocycles. The topological polar surface area (TPSA) is 47.3 Å². The molecule has 3 nitrogen and oxygen atoms in total. The van der Waals surface area contributed by atoms with Crippen LogP contribution in [0.1, 0.15) is 47.9 Å². The number of nitriles is 1. The normalized spacial score (nSPS) is 28.7. The van der Waals surface area contributed by atoms with Crippen LogP contribution in [-0.2, 0) is 12.1 Å². The number of hydrogen-bond acceptors (Lipinski definition) is 3. The second-order valence-electron chi connectivity index (χ2n) is 7.62. The van der Waals surface area contributed by atoms with E-state index in [4.69, 9.17) is 0 Å². The quantitative estimate of drug-likeness (QED) is 0.928. The van der Waals surface area contributed by atoms with Gasteiger partial charge < -0.3 is 5.11 Å². The van der Waals surface area contributed by atoms with Gasteiger partial charge in [0.1, 0.15) is 0 Å². The third-order valence-electron chi connectivity index (χ3n) is 5.99. The van der Waals surface area contributed by atoms with E-state index in [1.807, 2.05) is 25.1 Å². The molecule has 0 aromatic heterocycles. The van der Waals surface area contributed by atoms with Gasteiger partial charge in [0.2, 0.25) is 0 Å². The van der Waals surface area contributed by atoms with Gasteiger partial charge >= 0.3 is 0 Å². The van der Waals surface area contributed by atoms with Gasteiger partial charge in [0.25, 0.3) is 0 Å². The fourth-order valence-corrected chi connectivity index (χ4v) is 4.78. The van der Waals surface area contributed by atoms with Gasteiger partial charge in [0.15, 0.2) is 0 Å². The van der Waals surface area contributed by atoms with Crippen LogP contribution in [0.15, 0.2) is 48.5 Å². The van der Waals surface area contributed by atoms with E-state index in [9.17, 15) is 10.4 Å². The molecule has 2 unspecified atom stereocenters. The zero-order valence-electron chi connectivity index (χ0n) is 14.7. The first-order chi connectivity index (χ1) is 12.1. The minimum absolute atomic E-state index is 0.411. The summed E-state index contributed by atoms with van der Waals surface area (Å²) in [6.07, 6.45) is 3.81. The highest BCUT2D eigenvalue weighted by Crippen LogP contribution is 2.47. The molecule has 128 valence electrons. The molecular formula is C22H24N2O. The number of hydrogen-bond donors (Lipinski definition) is 1. The average molecular weight is 332 g/mol. The molecule has 2 aromatic carbocycles. The van der Waals surface area contributed by atoms with Crippen molar-refractivity contribution in [1.29, 1.82) is 5.26 Å².